The van der Waals surface area contributed by atoms with Crippen LogP contribution in [0.15, 0.2) is 21.3 Å². The van der Waals surface area contributed by atoms with Gasteiger partial charge in [0.2, 0.25) is 11.9 Å². The summed E-state index contributed by atoms with van der Waals surface area (Å²) in [5.74, 6) is 2.10. The van der Waals surface area contributed by atoms with Gasteiger partial charge in [-0.15, -0.1) is 0 Å². The summed E-state index contributed by atoms with van der Waals surface area (Å²) in [5, 5.41) is 8.00. The van der Waals surface area contributed by atoms with Gasteiger partial charge in [0, 0.05) is 44.9 Å². The minimum absolute atomic E-state index is 0.104. The van der Waals surface area contributed by atoms with Crippen LogP contribution in [0.1, 0.15) is 53.7 Å². The van der Waals surface area contributed by atoms with Gasteiger partial charge < -0.3 is 18.8 Å². The van der Waals surface area contributed by atoms with Crippen LogP contribution in [0.5, 0.6) is 0 Å². The molecule has 31 heavy (non-hydrogen) atoms. The Labute approximate surface area is 181 Å². The number of carbonyl (C=O) groups is 1. The van der Waals surface area contributed by atoms with Crippen molar-refractivity contribution in [2.45, 2.75) is 52.5 Å². The summed E-state index contributed by atoms with van der Waals surface area (Å²) in [4.78, 5) is 26.3. The normalized spacial score (nSPS) is 16.2. The third kappa shape index (κ3) is 4.17. The quantitative estimate of drug-likeness (QED) is 0.593. The number of likely N-dealkylation sites (tertiary alicyclic amines) is 1. The maximum Gasteiger partial charge on any atom is 0.225 e. The predicted octanol–water partition coefficient (Wildman–Crippen LogP) is 3.41. The highest BCUT2D eigenvalue weighted by Crippen LogP contribution is 2.37. The van der Waals surface area contributed by atoms with Crippen LogP contribution < -0.4 is 4.90 Å². The molecule has 0 radical (unpaired) electrons. The predicted molar refractivity (Wildman–Crippen MR) is 115 cm³/mol. The van der Waals surface area contributed by atoms with Gasteiger partial charge in [-0.3, -0.25) is 4.79 Å². The lowest BCUT2D eigenvalue weighted by Crippen LogP contribution is -2.32. The zero-order valence-corrected chi connectivity index (χ0v) is 18.7. The maximum atomic E-state index is 13.2. The lowest BCUT2D eigenvalue weighted by atomic mass is 10.0. The molecule has 164 valence electrons. The first kappa shape index (κ1) is 21.0. The molecule has 0 bridgehead atoms. The van der Waals surface area contributed by atoms with Crippen LogP contribution in [0.4, 0.5) is 5.95 Å². The molecule has 3 aromatic rings. The van der Waals surface area contributed by atoms with Crippen molar-refractivity contribution >= 4 is 11.9 Å². The fourth-order valence-electron chi connectivity index (χ4n) is 4.12. The average molecular weight is 425 g/mol. The second kappa shape index (κ2) is 8.49. The van der Waals surface area contributed by atoms with Crippen molar-refractivity contribution in [1.29, 1.82) is 0 Å². The molecule has 0 saturated carbocycles. The highest BCUT2D eigenvalue weighted by atomic mass is 16.5. The fraction of sp³-hybridized carbons (Fsp3) is 0.500. The Hall–Kier alpha value is -3.23. The van der Waals surface area contributed by atoms with Gasteiger partial charge in [0.1, 0.15) is 5.76 Å². The van der Waals surface area contributed by atoms with Crippen molar-refractivity contribution in [2.75, 3.05) is 25.5 Å². The molecule has 0 N–H and O–H groups in total. The molecule has 4 rings (SSSR count). The molecule has 0 unspecified atom stereocenters. The minimum atomic E-state index is -0.126. The van der Waals surface area contributed by atoms with Crippen LogP contribution in [0, 0.1) is 20.8 Å². The molecule has 1 aliphatic heterocycles. The van der Waals surface area contributed by atoms with Gasteiger partial charge in [-0.1, -0.05) is 10.3 Å². The van der Waals surface area contributed by atoms with Gasteiger partial charge in [0.25, 0.3) is 0 Å². The first-order chi connectivity index (χ1) is 14.8. The van der Waals surface area contributed by atoms with Gasteiger partial charge in [-0.2, -0.15) is 0 Å². The minimum Gasteiger partial charge on any atom is -0.361 e. The molecular weight excluding hydrogens is 396 g/mol. The largest absolute Gasteiger partial charge is 0.361 e. The third-order valence-corrected chi connectivity index (χ3v) is 5.76. The van der Waals surface area contributed by atoms with E-state index in [-0.39, 0.29) is 11.9 Å². The Kier molecular flexibility index (Phi) is 5.75. The Morgan fingerprint density at radius 1 is 1.23 bits per heavy atom. The molecule has 4 heterocycles. The number of anilines is 1. The van der Waals surface area contributed by atoms with Crippen molar-refractivity contribution < 1.29 is 13.8 Å². The smallest absolute Gasteiger partial charge is 0.225 e. The lowest BCUT2D eigenvalue weighted by molar-refractivity contribution is -0.132. The van der Waals surface area contributed by atoms with E-state index in [4.69, 9.17) is 14.0 Å². The van der Waals surface area contributed by atoms with E-state index < -0.39 is 0 Å². The van der Waals surface area contributed by atoms with Gasteiger partial charge in [0.05, 0.1) is 28.7 Å². The first-order valence-electron chi connectivity index (χ1n) is 10.5. The summed E-state index contributed by atoms with van der Waals surface area (Å²) in [6, 6.07) is 1.75. The number of hydrogen-bond donors (Lipinski definition) is 0. The molecule has 9 heteroatoms. The van der Waals surface area contributed by atoms with E-state index in [0.717, 1.165) is 46.8 Å². The number of rotatable bonds is 6. The van der Waals surface area contributed by atoms with Gasteiger partial charge in [-0.05, 0) is 40.0 Å². The number of hydrogen-bond acceptors (Lipinski definition) is 8. The number of nitrogens with zero attached hydrogens (tertiary/aromatic N) is 6. The van der Waals surface area contributed by atoms with E-state index >= 15 is 0 Å². The lowest BCUT2D eigenvalue weighted by Gasteiger charge is -2.26. The maximum absolute atomic E-state index is 13.2. The zero-order chi connectivity index (χ0) is 22.1. The number of aryl methyl sites for hydroxylation is 3. The Balaban J connectivity index is 1.62. The molecule has 1 amide bonds. The Morgan fingerprint density at radius 2 is 2.03 bits per heavy atom. The van der Waals surface area contributed by atoms with Crippen LogP contribution in [0.25, 0.3) is 11.3 Å². The molecule has 3 aromatic heterocycles. The summed E-state index contributed by atoms with van der Waals surface area (Å²) in [6.45, 7) is 6.38. The summed E-state index contributed by atoms with van der Waals surface area (Å²) in [6.07, 6.45) is 4.56. The molecule has 0 spiro atoms. The van der Waals surface area contributed by atoms with Gasteiger partial charge in [0.15, 0.2) is 5.76 Å². The number of aromatic nitrogens is 4. The van der Waals surface area contributed by atoms with Crippen molar-refractivity contribution in [2.24, 2.45) is 0 Å². The summed E-state index contributed by atoms with van der Waals surface area (Å²) >= 11 is 0. The van der Waals surface area contributed by atoms with Crippen LogP contribution in [-0.2, 0) is 11.2 Å². The molecule has 1 atom stereocenters. The van der Waals surface area contributed by atoms with E-state index in [9.17, 15) is 4.79 Å². The summed E-state index contributed by atoms with van der Waals surface area (Å²) in [7, 11) is 3.80. The third-order valence-electron chi connectivity index (χ3n) is 5.76. The van der Waals surface area contributed by atoms with E-state index in [2.05, 4.69) is 15.3 Å². The number of carbonyl (C=O) groups excluding carboxylic acids is 1. The van der Waals surface area contributed by atoms with E-state index in [1.165, 1.54) is 0 Å². The van der Waals surface area contributed by atoms with E-state index in [1.807, 2.05) is 50.7 Å². The van der Waals surface area contributed by atoms with Crippen LogP contribution in [0.3, 0.4) is 0 Å². The molecule has 1 aliphatic rings. The monoisotopic (exact) mass is 424 g/mol. The highest BCUT2D eigenvalue weighted by molar-refractivity contribution is 5.78. The fourth-order valence-corrected chi connectivity index (χ4v) is 4.12. The Morgan fingerprint density at radius 3 is 2.68 bits per heavy atom. The molecular formula is C22H28N6O3. The average Bonchev–Trinajstić information content (AvgIpc) is 3.47. The molecule has 9 nitrogen and oxygen atoms in total. The summed E-state index contributed by atoms with van der Waals surface area (Å²) < 4.78 is 10.7. The van der Waals surface area contributed by atoms with Crippen LogP contribution >= 0.6 is 0 Å². The molecule has 0 aromatic carbocycles. The van der Waals surface area contributed by atoms with Crippen LogP contribution in [-0.4, -0.2) is 51.7 Å². The van der Waals surface area contributed by atoms with Crippen molar-refractivity contribution in [3.8, 4) is 11.3 Å². The van der Waals surface area contributed by atoms with Crippen molar-refractivity contribution in [3.05, 3.63) is 40.7 Å². The SMILES string of the molecule is Cc1cc(-c2cnc(N(C)C)nc2[C@H]2CCCN2C(=O)CCc2c(C)noc2C)on1. The topological polar surface area (TPSA) is 101 Å². The zero-order valence-electron chi connectivity index (χ0n) is 18.7. The van der Waals surface area contributed by atoms with E-state index in [1.54, 1.807) is 6.20 Å². The standard InChI is InChI=1S/C22H28N6O3/c1-13-11-19(31-25-13)17-12-23-22(27(4)5)24-21(17)18-7-6-10-28(18)20(29)9-8-16-14(2)26-30-15(16)3/h11-12,18H,6-10H2,1-5H3/t18-/m1/s1. The van der Waals surface area contributed by atoms with E-state index in [0.29, 0.717) is 31.1 Å². The molecule has 1 fully saturated rings. The first-order valence-corrected chi connectivity index (χ1v) is 10.5. The second-order valence-electron chi connectivity index (χ2n) is 8.24. The second-order valence-corrected chi connectivity index (χ2v) is 8.24. The van der Waals surface area contributed by atoms with Gasteiger partial charge in [-0.25, -0.2) is 9.97 Å². The van der Waals surface area contributed by atoms with Crippen molar-refractivity contribution in [1.82, 2.24) is 25.2 Å². The van der Waals surface area contributed by atoms with Gasteiger partial charge >= 0.3 is 0 Å². The summed E-state index contributed by atoms with van der Waals surface area (Å²) in [5.41, 5.74) is 4.23. The molecule has 1 saturated heterocycles. The highest BCUT2D eigenvalue weighted by Gasteiger charge is 2.34. The number of amides is 1. The molecule has 0 aliphatic carbocycles. The van der Waals surface area contributed by atoms with Crippen molar-refractivity contribution in [3.63, 3.8) is 0 Å². The Bertz CT molecular complexity index is 1070. The van der Waals surface area contributed by atoms with Crippen LogP contribution in [0.2, 0.25) is 0 Å².